The Kier molecular flexibility index (Phi) is 3.95. The summed E-state index contributed by atoms with van der Waals surface area (Å²) in [4.78, 5) is 12.0. The minimum absolute atomic E-state index is 0.254. The number of aryl methyl sites for hydroxylation is 1. The van der Waals surface area contributed by atoms with Gasteiger partial charge in [-0.3, -0.25) is 4.68 Å². The van der Waals surface area contributed by atoms with Crippen molar-refractivity contribution in [2.75, 3.05) is 6.61 Å². The number of ether oxygens (including phenoxy) is 1. The van der Waals surface area contributed by atoms with Crippen LogP contribution in [-0.2, 0) is 11.3 Å². The van der Waals surface area contributed by atoms with E-state index in [0.717, 1.165) is 0 Å². The van der Waals surface area contributed by atoms with Crippen LogP contribution in [0.5, 0.6) is 0 Å². The van der Waals surface area contributed by atoms with Gasteiger partial charge in [-0.25, -0.2) is 4.79 Å². The highest BCUT2D eigenvalue weighted by Crippen LogP contribution is 2.19. The Morgan fingerprint density at radius 3 is 2.95 bits per heavy atom. The fourth-order valence-corrected chi connectivity index (χ4v) is 1.94. The van der Waals surface area contributed by atoms with Crippen LogP contribution in [0.4, 0.5) is 0 Å². The molecular weight excluding hydrogens is 284 g/mol. The molecule has 0 atom stereocenters. The van der Waals surface area contributed by atoms with Gasteiger partial charge in [-0.15, -0.1) is 10.2 Å². The Morgan fingerprint density at radius 2 is 2.23 bits per heavy atom. The molecular formula is C15H14N4O3. The Morgan fingerprint density at radius 1 is 1.32 bits per heavy atom. The van der Waals surface area contributed by atoms with E-state index in [1.165, 1.54) is 0 Å². The lowest BCUT2D eigenvalue weighted by molar-refractivity contribution is 0.0488. The molecule has 0 fully saturated rings. The van der Waals surface area contributed by atoms with Crippen molar-refractivity contribution in [1.29, 1.82) is 0 Å². The normalized spacial score (nSPS) is 10.6. The van der Waals surface area contributed by atoms with Crippen molar-refractivity contribution in [1.82, 2.24) is 20.0 Å². The molecule has 0 spiro atoms. The maximum absolute atomic E-state index is 12.0. The first-order chi connectivity index (χ1) is 10.7. The topological polar surface area (TPSA) is 83.0 Å². The minimum atomic E-state index is -0.398. The van der Waals surface area contributed by atoms with Crippen LogP contribution in [0.1, 0.15) is 16.2 Å². The molecule has 0 aliphatic heterocycles. The molecule has 0 N–H and O–H groups in total. The van der Waals surface area contributed by atoms with Crippen molar-refractivity contribution in [3.05, 3.63) is 54.2 Å². The highest BCUT2D eigenvalue weighted by atomic mass is 16.5. The van der Waals surface area contributed by atoms with Gasteiger partial charge >= 0.3 is 5.97 Å². The second kappa shape index (κ2) is 6.21. The first-order valence-electron chi connectivity index (χ1n) is 6.77. The molecule has 2 aromatic heterocycles. The third kappa shape index (κ3) is 3.20. The molecule has 1 aromatic carbocycles. The summed E-state index contributed by atoms with van der Waals surface area (Å²) in [6.45, 7) is 2.48. The lowest BCUT2D eigenvalue weighted by Crippen LogP contribution is -2.11. The first kappa shape index (κ1) is 14.0. The van der Waals surface area contributed by atoms with E-state index in [4.69, 9.17) is 9.15 Å². The molecule has 22 heavy (non-hydrogen) atoms. The van der Waals surface area contributed by atoms with Crippen LogP contribution in [0.3, 0.4) is 0 Å². The number of esters is 1. The number of nitrogens with zero attached hydrogens (tertiary/aromatic N) is 4. The van der Waals surface area contributed by atoms with E-state index >= 15 is 0 Å². The predicted octanol–water partition coefficient (Wildman–Crippen LogP) is 2.10. The molecule has 3 rings (SSSR count). The quantitative estimate of drug-likeness (QED) is 0.671. The van der Waals surface area contributed by atoms with Crippen LogP contribution in [0.2, 0.25) is 0 Å². The number of hydrogen-bond acceptors (Lipinski definition) is 6. The number of benzene rings is 1. The second-order valence-electron chi connectivity index (χ2n) is 4.61. The Labute approximate surface area is 126 Å². The number of carbonyl (C=O) groups is 1. The van der Waals surface area contributed by atoms with Crippen LogP contribution < -0.4 is 0 Å². The van der Waals surface area contributed by atoms with Crippen LogP contribution in [0.25, 0.3) is 11.5 Å². The van der Waals surface area contributed by atoms with Gasteiger partial charge in [0, 0.05) is 24.9 Å². The summed E-state index contributed by atoms with van der Waals surface area (Å²) in [6.07, 6.45) is 3.49. The van der Waals surface area contributed by atoms with E-state index < -0.39 is 5.97 Å². The molecule has 0 unspecified atom stereocenters. The summed E-state index contributed by atoms with van der Waals surface area (Å²) in [5.41, 5.74) is 1.12. The van der Waals surface area contributed by atoms with E-state index in [1.54, 1.807) is 42.1 Å². The smallest absolute Gasteiger partial charge is 0.338 e. The van der Waals surface area contributed by atoms with Gasteiger partial charge in [-0.05, 0) is 24.3 Å². The average molecular weight is 298 g/mol. The number of aromatic nitrogens is 4. The van der Waals surface area contributed by atoms with Gasteiger partial charge in [0.15, 0.2) is 0 Å². The molecule has 3 aromatic rings. The van der Waals surface area contributed by atoms with Crippen LogP contribution >= 0.6 is 0 Å². The summed E-state index contributed by atoms with van der Waals surface area (Å²) in [5, 5.41) is 11.7. The standard InChI is InChI=1S/C15H14N4O3/c1-11-17-18-14(22-11)12-4-2-5-13(10-12)15(20)21-9-8-19-7-3-6-16-19/h2-7,10H,8-9H2,1H3. The van der Waals surface area contributed by atoms with Gasteiger partial charge < -0.3 is 9.15 Å². The van der Waals surface area contributed by atoms with Crippen molar-refractivity contribution in [2.24, 2.45) is 0 Å². The van der Waals surface area contributed by atoms with Gasteiger partial charge in [0.05, 0.1) is 12.1 Å². The maximum atomic E-state index is 12.0. The Hall–Kier alpha value is -2.96. The van der Waals surface area contributed by atoms with Gasteiger partial charge in [0.2, 0.25) is 11.8 Å². The van der Waals surface area contributed by atoms with Crippen LogP contribution in [0.15, 0.2) is 47.1 Å². The van der Waals surface area contributed by atoms with Gasteiger partial charge in [-0.2, -0.15) is 5.10 Å². The molecule has 0 saturated heterocycles. The van der Waals surface area contributed by atoms with Crippen molar-refractivity contribution in [3.63, 3.8) is 0 Å². The zero-order chi connectivity index (χ0) is 15.4. The summed E-state index contributed by atoms with van der Waals surface area (Å²) in [7, 11) is 0. The molecule has 0 saturated carbocycles. The highest BCUT2D eigenvalue weighted by Gasteiger charge is 2.11. The fourth-order valence-electron chi connectivity index (χ4n) is 1.94. The van der Waals surface area contributed by atoms with Crippen LogP contribution in [-0.4, -0.2) is 32.6 Å². The van der Waals surface area contributed by atoms with Crippen molar-refractivity contribution in [3.8, 4) is 11.5 Å². The molecule has 0 amide bonds. The van der Waals surface area contributed by atoms with Crippen molar-refractivity contribution >= 4 is 5.97 Å². The first-order valence-corrected chi connectivity index (χ1v) is 6.77. The number of carbonyl (C=O) groups excluding carboxylic acids is 1. The summed E-state index contributed by atoms with van der Waals surface area (Å²) in [5.74, 6) is 0.455. The van der Waals surface area contributed by atoms with E-state index in [1.807, 2.05) is 12.3 Å². The second-order valence-corrected chi connectivity index (χ2v) is 4.61. The largest absolute Gasteiger partial charge is 0.460 e. The van der Waals surface area contributed by atoms with E-state index in [-0.39, 0.29) is 6.61 Å². The van der Waals surface area contributed by atoms with Gasteiger partial charge in [-0.1, -0.05) is 6.07 Å². The third-order valence-corrected chi connectivity index (χ3v) is 2.98. The lowest BCUT2D eigenvalue weighted by atomic mass is 10.1. The Bertz CT molecular complexity index is 765. The monoisotopic (exact) mass is 298 g/mol. The van der Waals surface area contributed by atoms with Crippen LogP contribution in [0, 0.1) is 6.92 Å². The van der Waals surface area contributed by atoms with E-state index in [2.05, 4.69) is 15.3 Å². The SMILES string of the molecule is Cc1nnc(-c2cccc(C(=O)OCCn3cccn3)c2)o1. The zero-order valence-electron chi connectivity index (χ0n) is 12.0. The third-order valence-electron chi connectivity index (χ3n) is 2.98. The average Bonchev–Trinajstić information content (AvgIpc) is 3.19. The molecule has 0 aliphatic carbocycles. The molecule has 7 heteroatoms. The summed E-state index contributed by atoms with van der Waals surface area (Å²) < 4.78 is 12.3. The van der Waals surface area contributed by atoms with Crippen molar-refractivity contribution in [2.45, 2.75) is 13.5 Å². The molecule has 0 aliphatic rings. The molecule has 0 radical (unpaired) electrons. The maximum Gasteiger partial charge on any atom is 0.338 e. The molecule has 0 bridgehead atoms. The highest BCUT2D eigenvalue weighted by molar-refractivity contribution is 5.90. The lowest BCUT2D eigenvalue weighted by Gasteiger charge is -2.05. The predicted molar refractivity (Wildman–Crippen MR) is 77.0 cm³/mol. The molecule has 7 nitrogen and oxygen atoms in total. The molecule has 112 valence electrons. The zero-order valence-corrected chi connectivity index (χ0v) is 12.0. The summed E-state index contributed by atoms with van der Waals surface area (Å²) >= 11 is 0. The number of rotatable bonds is 5. The number of hydrogen-bond donors (Lipinski definition) is 0. The summed E-state index contributed by atoms with van der Waals surface area (Å²) in [6, 6.07) is 8.72. The van der Waals surface area contributed by atoms with E-state index in [0.29, 0.717) is 29.5 Å². The van der Waals surface area contributed by atoms with Gasteiger partial charge in [0.25, 0.3) is 0 Å². The van der Waals surface area contributed by atoms with Gasteiger partial charge in [0.1, 0.15) is 6.61 Å². The van der Waals surface area contributed by atoms with E-state index in [9.17, 15) is 4.79 Å². The minimum Gasteiger partial charge on any atom is -0.460 e. The van der Waals surface area contributed by atoms with Crippen molar-refractivity contribution < 1.29 is 13.9 Å². The fraction of sp³-hybridized carbons (Fsp3) is 0.200. The Balaban J connectivity index is 1.65. The molecule has 2 heterocycles.